The smallest absolute Gasteiger partial charge is 0.253 e. The Kier molecular flexibility index (Phi) is 6.18. The van der Waals surface area contributed by atoms with Crippen LogP contribution in [0, 0.1) is 0 Å². The van der Waals surface area contributed by atoms with Gasteiger partial charge in [-0.25, -0.2) is 0 Å². The molecular formula is C24H32N2O3. The first kappa shape index (κ1) is 21.2. The van der Waals surface area contributed by atoms with E-state index in [-0.39, 0.29) is 17.4 Å². The maximum Gasteiger partial charge on any atom is 0.253 e. The molecule has 1 aliphatic rings. The van der Waals surface area contributed by atoms with Gasteiger partial charge in [-0.3, -0.25) is 9.69 Å². The van der Waals surface area contributed by atoms with E-state index in [1.54, 1.807) is 14.2 Å². The standard InChI is InChI=1S/C24H32N2O3/c1-24(2,3)19-10-7-17(8-11-19)23(27)26-14-13-25(4)20(16-26)18-9-12-21(28-5)22(15-18)29-6/h7-12,15,20H,13-14,16H2,1-6H3. The SMILES string of the molecule is COc1ccc(C2CN(C(=O)c3ccc(C(C)(C)C)cc3)CCN2C)cc1OC. The van der Waals surface area contributed by atoms with Crippen LogP contribution in [0.25, 0.3) is 0 Å². The molecule has 1 unspecified atom stereocenters. The quantitative estimate of drug-likeness (QED) is 0.779. The highest BCUT2D eigenvalue weighted by atomic mass is 16.5. The van der Waals surface area contributed by atoms with Gasteiger partial charge in [-0.2, -0.15) is 0 Å². The second-order valence-electron chi connectivity index (χ2n) is 8.69. The number of hydrogen-bond acceptors (Lipinski definition) is 4. The summed E-state index contributed by atoms with van der Waals surface area (Å²) in [5, 5.41) is 0. The lowest BCUT2D eigenvalue weighted by Crippen LogP contribution is -2.49. The third-order valence-corrected chi connectivity index (χ3v) is 5.73. The summed E-state index contributed by atoms with van der Waals surface area (Å²) >= 11 is 0. The minimum atomic E-state index is 0.0773. The van der Waals surface area contributed by atoms with E-state index < -0.39 is 0 Å². The fourth-order valence-electron chi connectivity index (χ4n) is 3.77. The van der Waals surface area contributed by atoms with Crippen molar-refractivity contribution in [3.63, 3.8) is 0 Å². The van der Waals surface area contributed by atoms with Crippen LogP contribution < -0.4 is 9.47 Å². The average molecular weight is 397 g/mol. The second kappa shape index (κ2) is 8.46. The fraction of sp³-hybridized carbons (Fsp3) is 0.458. The highest BCUT2D eigenvalue weighted by molar-refractivity contribution is 5.94. The summed E-state index contributed by atoms with van der Waals surface area (Å²) in [6.07, 6.45) is 0. The minimum Gasteiger partial charge on any atom is -0.493 e. The monoisotopic (exact) mass is 396 g/mol. The molecule has 1 saturated heterocycles. The van der Waals surface area contributed by atoms with Gasteiger partial charge in [0.1, 0.15) is 0 Å². The van der Waals surface area contributed by atoms with Crippen molar-refractivity contribution in [1.82, 2.24) is 9.80 Å². The van der Waals surface area contributed by atoms with E-state index >= 15 is 0 Å². The van der Waals surface area contributed by atoms with Crippen molar-refractivity contribution in [2.45, 2.75) is 32.2 Å². The number of rotatable bonds is 4. The average Bonchev–Trinajstić information content (AvgIpc) is 2.72. The minimum absolute atomic E-state index is 0.0773. The Morgan fingerprint density at radius 1 is 0.966 bits per heavy atom. The first-order chi connectivity index (χ1) is 13.7. The van der Waals surface area contributed by atoms with E-state index in [0.717, 1.165) is 24.2 Å². The van der Waals surface area contributed by atoms with E-state index in [1.165, 1.54) is 5.56 Å². The Balaban J connectivity index is 1.79. The van der Waals surface area contributed by atoms with Crippen LogP contribution in [0.4, 0.5) is 0 Å². The molecule has 1 heterocycles. The molecule has 1 amide bonds. The zero-order valence-corrected chi connectivity index (χ0v) is 18.4. The van der Waals surface area contributed by atoms with Crippen molar-refractivity contribution in [1.29, 1.82) is 0 Å². The van der Waals surface area contributed by atoms with Gasteiger partial charge in [0.05, 0.1) is 20.3 Å². The lowest BCUT2D eigenvalue weighted by atomic mass is 9.86. The third kappa shape index (κ3) is 4.56. The van der Waals surface area contributed by atoms with Gasteiger partial charge in [0.15, 0.2) is 11.5 Å². The molecule has 1 atom stereocenters. The summed E-state index contributed by atoms with van der Waals surface area (Å²) in [7, 11) is 5.38. The molecule has 156 valence electrons. The number of carbonyl (C=O) groups is 1. The summed E-state index contributed by atoms with van der Waals surface area (Å²) in [6, 6.07) is 14.1. The topological polar surface area (TPSA) is 42.0 Å². The first-order valence-electron chi connectivity index (χ1n) is 10.1. The molecule has 2 aromatic carbocycles. The van der Waals surface area contributed by atoms with Crippen molar-refractivity contribution in [2.75, 3.05) is 40.9 Å². The van der Waals surface area contributed by atoms with Gasteiger partial charge >= 0.3 is 0 Å². The largest absolute Gasteiger partial charge is 0.493 e. The predicted octanol–water partition coefficient (Wildman–Crippen LogP) is 4.13. The first-order valence-corrected chi connectivity index (χ1v) is 10.1. The Labute approximate surface area is 174 Å². The maximum absolute atomic E-state index is 13.1. The molecular weight excluding hydrogens is 364 g/mol. The highest BCUT2D eigenvalue weighted by Crippen LogP contribution is 2.33. The van der Waals surface area contributed by atoms with Crippen LogP contribution in [0.15, 0.2) is 42.5 Å². The molecule has 0 bridgehead atoms. The van der Waals surface area contributed by atoms with Crippen LogP contribution in [-0.2, 0) is 5.41 Å². The van der Waals surface area contributed by atoms with E-state index in [9.17, 15) is 4.79 Å². The number of hydrogen-bond donors (Lipinski definition) is 0. The summed E-state index contributed by atoms with van der Waals surface area (Å²) < 4.78 is 10.8. The molecule has 0 aliphatic carbocycles. The van der Waals surface area contributed by atoms with Gasteiger partial charge in [0.2, 0.25) is 0 Å². The molecule has 1 fully saturated rings. The van der Waals surface area contributed by atoms with Gasteiger partial charge in [-0.15, -0.1) is 0 Å². The fourth-order valence-corrected chi connectivity index (χ4v) is 3.77. The van der Waals surface area contributed by atoms with Gasteiger partial charge < -0.3 is 14.4 Å². The number of methoxy groups -OCH3 is 2. The normalized spacial score (nSPS) is 17.9. The van der Waals surface area contributed by atoms with E-state index in [0.29, 0.717) is 18.0 Å². The van der Waals surface area contributed by atoms with Crippen LogP contribution in [0.2, 0.25) is 0 Å². The van der Waals surface area contributed by atoms with Gasteiger partial charge in [-0.1, -0.05) is 39.0 Å². The van der Waals surface area contributed by atoms with Crippen LogP contribution >= 0.6 is 0 Å². The lowest BCUT2D eigenvalue weighted by Gasteiger charge is -2.40. The second-order valence-corrected chi connectivity index (χ2v) is 8.69. The zero-order chi connectivity index (χ0) is 21.2. The molecule has 3 rings (SSSR count). The lowest BCUT2D eigenvalue weighted by molar-refractivity contribution is 0.0546. The maximum atomic E-state index is 13.1. The molecule has 0 aromatic heterocycles. The summed E-state index contributed by atoms with van der Waals surface area (Å²) in [6.45, 7) is 8.73. The molecule has 2 aromatic rings. The Hall–Kier alpha value is -2.53. The predicted molar refractivity (Wildman–Crippen MR) is 116 cm³/mol. The summed E-state index contributed by atoms with van der Waals surface area (Å²) in [5.41, 5.74) is 3.17. The molecule has 1 aliphatic heterocycles. The summed E-state index contributed by atoms with van der Waals surface area (Å²) in [4.78, 5) is 17.4. The molecule has 0 spiro atoms. The molecule has 0 N–H and O–H groups in total. The number of amides is 1. The summed E-state index contributed by atoms with van der Waals surface area (Å²) in [5.74, 6) is 1.50. The number of likely N-dealkylation sites (N-methyl/N-ethyl adjacent to an activating group) is 1. The van der Waals surface area contributed by atoms with Crippen LogP contribution in [-0.4, -0.2) is 56.6 Å². The molecule has 5 nitrogen and oxygen atoms in total. The van der Waals surface area contributed by atoms with E-state index in [4.69, 9.17) is 9.47 Å². The van der Waals surface area contributed by atoms with Crippen molar-refractivity contribution in [3.8, 4) is 11.5 Å². The zero-order valence-electron chi connectivity index (χ0n) is 18.4. The van der Waals surface area contributed by atoms with Crippen molar-refractivity contribution in [3.05, 3.63) is 59.2 Å². The Morgan fingerprint density at radius 3 is 2.21 bits per heavy atom. The van der Waals surface area contributed by atoms with Crippen LogP contribution in [0.3, 0.4) is 0 Å². The number of benzene rings is 2. The molecule has 0 radical (unpaired) electrons. The van der Waals surface area contributed by atoms with Crippen LogP contribution in [0.5, 0.6) is 11.5 Å². The number of ether oxygens (including phenoxy) is 2. The number of carbonyl (C=O) groups excluding carboxylic acids is 1. The van der Waals surface area contributed by atoms with Crippen LogP contribution in [0.1, 0.15) is 48.3 Å². The van der Waals surface area contributed by atoms with Crippen molar-refractivity contribution in [2.24, 2.45) is 0 Å². The molecule has 5 heteroatoms. The van der Waals surface area contributed by atoms with Crippen molar-refractivity contribution >= 4 is 5.91 Å². The van der Waals surface area contributed by atoms with Gasteiger partial charge in [0.25, 0.3) is 5.91 Å². The van der Waals surface area contributed by atoms with E-state index in [2.05, 4.69) is 50.9 Å². The molecule has 29 heavy (non-hydrogen) atoms. The van der Waals surface area contributed by atoms with Gasteiger partial charge in [-0.05, 0) is 47.9 Å². The van der Waals surface area contributed by atoms with E-state index in [1.807, 2.05) is 29.2 Å². The highest BCUT2D eigenvalue weighted by Gasteiger charge is 2.29. The number of piperazine rings is 1. The Morgan fingerprint density at radius 2 is 1.62 bits per heavy atom. The van der Waals surface area contributed by atoms with Gasteiger partial charge in [0, 0.05) is 25.2 Å². The Bertz CT molecular complexity index is 855. The third-order valence-electron chi connectivity index (χ3n) is 5.73. The molecule has 0 saturated carbocycles. The van der Waals surface area contributed by atoms with Crippen molar-refractivity contribution < 1.29 is 14.3 Å². The number of nitrogens with zero attached hydrogens (tertiary/aromatic N) is 2.